The number of carbonyl (C=O) groups is 1. The van der Waals surface area contributed by atoms with E-state index in [0.29, 0.717) is 16.3 Å². The van der Waals surface area contributed by atoms with E-state index in [9.17, 15) is 4.79 Å². The maximum Gasteiger partial charge on any atom is 0.152 e. The molecule has 0 spiro atoms. The van der Waals surface area contributed by atoms with Crippen molar-refractivity contribution in [1.29, 1.82) is 0 Å². The molecule has 0 bridgehead atoms. The normalized spacial score (nSPS) is 10.7. The molecule has 0 atom stereocenters. The Morgan fingerprint density at radius 1 is 1.15 bits per heavy atom. The van der Waals surface area contributed by atoms with E-state index < -0.39 is 0 Å². The molecule has 0 saturated carbocycles. The lowest BCUT2D eigenvalue weighted by atomic mass is 10.1. The summed E-state index contributed by atoms with van der Waals surface area (Å²) in [5.74, 6) is 0.707. The van der Waals surface area contributed by atoms with E-state index in [2.05, 4.69) is 4.98 Å². The average Bonchev–Trinajstić information content (AvgIpc) is 2.87. The molecular weight excluding hydrogens is 274 g/mol. The van der Waals surface area contributed by atoms with Crippen molar-refractivity contribution in [2.75, 3.05) is 7.11 Å². The predicted octanol–water partition coefficient (Wildman–Crippen LogP) is 4.31. The average molecular weight is 286 g/mol. The van der Waals surface area contributed by atoms with Crippen LogP contribution in [-0.4, -0.2) is 18.4 Å². The summed E-state index contributed by atoms with van der Waals surface area (Å²) in [7, 11) is 1.61. The molecule has 0 saturated heterocycles. The van der Waals surface area contributed by atoms with Gasteiger partial charge in [0.2, 0.25) is 0 Å². The fraction of sp³-hybridized carbons (Fsp3) is 0.0625. The second-order valence-electron chi connectivity index (χ2n) is 4.39. The highest BCUT2D eigenvalue weighted by Gasteiger charge is 2.16. The highest BCUT2D eigenvalue weighted by molar-refractivity contribution is 6.35. The Morgan fingerprint density at radius 3 is 2.70 bits per heavy atom. The number of H-pyrrole nitrogens is 1. The largest absolute Gasteiger partial charge is 0.496 e. The third-order valence-corrected chi connectivity index (χ3v) is 3.63. The Morgan fingerprint density at radius 2 is 1.95 bits per heavy atom. The number of hydrogen-bond donors (Lipinski definition) is 1. The highest BCUT2D eigenvalue weighted by Crippen LogP contribution is 2.36. The van der Waals surface area contributed by atoms with Gasteiger partial charge in [0, 0.05) is 16.5 Å². The van der Waals surface area contributed by atoms with E-state index in [1.165, 1.54) is 0 Å². The number of carbonyl (C=O) groups excluding carboxylic acids is 1. The summed E-state index contributed by atoms with van der Waals surface area (Å²) in [5, 5.41) is 1.40. The maximum absolute atomic E-state index is 11.5. The number of rotatable bonds is 3. The molecule has 0 amide bonds. The van der Waals surface area contributed by atoms with Gasteiger partial charge >= 0.3 is 0 Å². The van der Waals surface area contributed by atoms with Crippen molar-refractivity contribution in [3.8, 4) is 17.0 Å². The Balaban J connectivity index is 2.36. The molecule has 100 valence electrons. The topological polar surface area (TPSA) is 42.1 Å². The molecule has 3 rings (SSSR count). The van der Waals surface area contributed by atoms with Crippen molar-refractivity contribution in [1.82, 2.24) is 4.98 Å². The van der Waals surface area contributed by atoms with Crippen molar-refractivity contribution < 1.29 is 9.53 Å². The highest BCUT2D eigenvalue weighted by atomic mass is 35.5. The molecule has 1 N–H and O–H groups in total. The lowest BCUT2D eigenvalue weighted by Gasteiger charge is -2.07. The molecule has 2 aromatic carbocycles. The molecule has 0 aliphatic heterocycles. The van der Waals surface area contributed by atoms with Crippen LogP contribution in [0.1, 0.15) is 10.4 Å². The van der Waals surface area contributed by atoms with Crippen LogP contribution in [0.25, 0.3) is 22.2 Å². The van der Waals surface area contributed by atoms with Crippen molar-refractivity contribution in [2.24, 2.45) is 0 Å². The fourth-order valence-corrected chi connectivity index (χ4v) is 2.61. The Labute approximate surface area is 121 Å². The second kappa shape index (κ2) is 5.02. The number of hydrogen-bond acceptors (Lipinski definition) is 2. The van der Waals surface area contributed by atoms with Crippen LogP contribution in [0.5, 0.6) is 5.75 Å². The molecule has 20 heavy (non-hydrogen) atoms. The number of aromatic nitrogens is 1. The van der Waals surface area contributed by atoms with Crippen LogP contribution in [-0.2, 0) is 0 Å². The maximum atomic E-state index is 11.5. The van der Waals surface area contributed by atoms with Crippen molar-refractivity contribution in [3.63, 3.8) is 0 Å². The molecule has 0 unspecified atom stereocenters. The Hall–Kier alpha value is -2.26. The molecule has 3 aromatic rings. The lowest BCUT2D eigenvalue weighted by molar-refractivity contribution is 0.112. The number of aromatic amines is 1. The fourth-order valence-electron chi connectivity index (χ4n) is 2.39. The summed E-state index contributed by atoms with van der Waals surface area (Å²) in [6, 6.07) is 13.1. The minimum Gasteiger partial charge on any atom is -0.496 e. The number of halogens is 1. The van der Waals surface area contributed by atoms with Gasteiger partial charge in [-0.05, 0) is 18.2 Å². The monoisotopic (exact) mass is 285 g/mol. The first-order valence-electron chi connectivity index (χ1n) is 6.15. The molecular formula is C16H12ClNO2. The van der Waals surface area contributed by atoms with Crippen LogP contribution >= 0.6 is 11.6 Å². The van der Waals surface area contributed by atoms with E-state index in [1.54, 1.807) is 13.2 Å². The van der Waals surface area contributed by atoms with Crippen molar-refractivity contribution in [3.05, 3.63) is 53.1 Å². The Bertz CT molecular complexity index is 792. The van der Waals surface area contributed by atoms with E-state index in [0.717, 1.165) is 28.4 Å². The first-order valence-corrected chi connectivity index (χ1v) is 6.53. The van der Waals surface area contributed by atoms with Crippen LogP contribution < -0.4 is 4.74 Å². The summed E-state index contributed by atoms with van der Waals surface area (Å²) < 4.78 is 5.36. The molecule has 3 nitrogen and oxygen atoms in total. The number of para-hydroxylation sites is 2. The van der Waals surface area contributed by atoms with Crippen molar-refractivity contribution >= 4 is 28.8 Å². The lowest BCUT2D eigenvalue weighted by Crippen LogP contribution is -1.90. The van der Waals surface area contributed by atoms with Gasteiger partial charge in [-0.15, -0.1) is 0 Å². The quantitative estimate of drug-likeness (QED) is 0.729. The van der Waals surface area contributed by atoms with E-state index in [4.69, 9.17) is 16.3 Å². The van der Waals surface area contributed by atoms with E-state index in [-0.39, 0.29) is 0 Å². The summed E-state index contributed by atoms with van der Waals surface area (Å²) in [4.78, 5) is 14.7. The van der Waals surface area contributed by atoms with Gasteiger partial charge in [0.1, 0.15) is 5.75 Å². The van der Waals surface area contributed by atoms with Gasteiger partial charge in [0.05, 0.1) is 23.3 Å². The van der Waals surface area contributed by atoms with Gasteiger partial charge in [-0.25, -0.2) is 0 Å². The first-order chi connectivity index (χ1) is 9.76. The van der Waals surface area contributed by atoms with Gasteiger partial charge in [-0.3, -0.25) is 4.79 Å². The van der Waals surface area contributed by atoms with Crippen LogP contribution in [0.3, 0.4) is 0 Å². The number of ether oxygens (including phenoxy) is 1. The summed E-state index contributed by atoms with van der Waals surface area (Å²) >= 11 is 6.18. The zero-order valence-electron chi connectivity index (χ0n) is 10.8. The molecule has 1 heterocycles. The first kappa shape index (κ1) is 12.8. The molecule has 4 heteroatoms. The van der Waals surface area contributed by atoms with E-state index in [1.807, 2.05) is 36.4 Å². The van der Waals surface area contributed by atoms with Crippen molar-refractivity contribution in [2.45, 2.75) is 0 Å². The smallest absolute Gasteiger partial charge is 0.152 e. The predicted molar refractivity (Wildman–Crippen MR) is 80.7 cm³/mol. The van der Waals surface area contributed by atoms with Crippen LogP contribution in [0.2, 0.25) is 5.02 Å². The van der Waals surface area contributed by atoms with Gasteiger partial charge in [-0.1, -0.05) is 35.9 Å². The standard InChI is InChI=1S/C16H12ClNO2/c1-20-14-8-3-2-5-11(14)15-12(9-19)10-6-4-7-13(17)16(10)18-15/h2-9,18H,1H3. The molecule has 0 aliphatic rings. The SMILES string of the molecule is COc1ccccc1-c1[nH]c2c(Cl)cccc2c1C=O. The molecule has 0 aliphatic carbocycles. The summed E-state index contributed by atoms with van der Waals surface area (Å²) in [6.45, 7) is 0. The minimum atomic E-state index is 0.590. The second-order valence-corrected chi connectivity index (χ2v) is 4.80. The van der Waals surface area contributed by atoms with Gasteiger partial charge < -0.3 is 9.72 Å². The van der Waals surface area contributed by atoms with Gasteiger partial charge in [0.15, 0.2) is 6.29 Å². The summed E-state index contributed by atoms with van der Waals surface area (Å²) in [6.07, 6.45) is 0.844. The molecule has 0 fully saturated rings. The van der Waals surface area contributed by atoms with E-state index >= 15 is 0 Å². The molecule has 1 aromatic heterocycles. The third-order valence-electron chi connectivity index (χ3n) is 3.32. The number of methoxy groups -OCH3 is 1. The van der Waals surface area contributed by atoms with Crippen LogP contribution in [0.4, 0.5) is 0 Å². The number of nitrogens with one attached hydrogen (secondary N) is 1. The summed E-state index contributed by atoms with van der Waals surface area (Å²) in [5.41, 5.74) is 2.91. The zero-order valence-corrected chi connectivity index (χ0v) is 11.6. The third kappa shape index (κ3) is 1.87. The Kier molecular flexibility index (Phi) is 3.20. The number of fused-ring (bicyclic) bond motifs is 1. The molecule has 0 radical (unpaired) electrons. The van der Waals surface area contributed by atoms with Gasteiger partial charge in [-0.2, -0.15) is 0 Å². The number of benzene rings is 2. The zero-order chi connectivity index (χ0) is 14.1. The van der Waals surface area contributed by atoms with Gasteiger partial charge in [0.25, 0.3) is 0 Å². The minimum absolute atomic E-state index is 0.590. The van der Waals surface area contributed by atoms with Crippen LogP contribution in [0.15, 0.2) is 42.5 Å². The number of aldehydes is 1. The van der Waals surface area contributed by atoms with Crippen LogP contribution in [0, 0.1) is 0 Å².